The Morgan fingerprint density at radius 3 is 2.90 bits per heavy atom. The van der Waals surface area contributed by atoms with Crippen molar-refractivity contribution >= 4 is 11.7 Å². The van der Waals surface area contributed by atoms with Crippen LogP contribution in [0.25, 0.3) is 11.1 Å². The van der Waals surface area contributed by atoms with Crippen molar-refractivity contribution in [3.8, 4) is 16.9 Å². The van der Waals surface area contributed by atoms with E-state index in [-0.39, 0.29) is 6.03 Å². The number of hydrogen-bond acceptors (Lipinski definition) is 3. The SMILES string of the molecule is COc1cccc(CN2CCN(c3ccc4c(c3)CCc3n[nH]c(C)c3-4)C2=O)c1. The van der Waals surface area contributed by atoms with Crippen molar-refractivity contribution in [2.24, 2.45) is 0 Å². The smallest absolute Gasteiger partial charge is 0.324 e. The summed E-state index contributed by atoms with van der Waals surface area (Å²) >= 11 is 0. The predicted molar refractivity (Wildman–Crippen MR) is 112 cm³/mol. The van der Waals surface area contributed by atoms with Gasteiger partial charge in [-0.15, -0.1) is 0 Å². The number of hydrogen-bond donors (Lipinski definition) is 1. The van der Waals surface area contributed by atoms with E-state index in [0.29, 0.717) is 13.1 Å². The number of H-pyrrole nitrogens is 1. The molecule has 1 aliphatic heterocycles. The van der Waals surface area contributed by atoms with Crippen LogP contribution in [0.1, 0.15) is 22.5 Å². The molecule has 2 aromatic carbocycles. The molecule has 1 fully saturated rings. The molecular weight excluding hydrogens is 364 g/mol. The van der Waals surface area contributed by atoms with Gasteiger partial charge in [-0.1, -0.05) is 18.2 Å². The molecule has 1 N–H and O–H groups in total. The van der Waals surface area contributed by atoms with E-state index in [1.54, 1.807) is 7.11 Å². The van der Waals surface area contributed by atoms with Gasteiger partial charge in [0.2, 0.25) is 0 Å². The lowest BCUT2D eigenvalue weighted by atomic mass is 9.88. The fraction of sp³-hybridized carbons (Fsp3) is 0.304. The summed E-state index contributed by atoms with van der Waals surface area (Å²) < 4.78 is 5.30. The molecule has 2 amide bonds. The topological polar surface area (TPSA) is 61.5 Å². The van der Waals surface area contributed by atoms with Crippen LogP contribution in [0.4, 0.5) is 10.5 Å². The van der Waals surface area contributed by atoms with Crippen LogP contribution < -0.4 is 9.64 Å². The monoisotopic (exact) mass is 388 g/mol. The van der Waals surface area contributed by atoms with Crippen LogP contribution in [0.5, 0.6) is 5.75 Å². The van der Waals surface area contributed by atoms with E-state index >= 15 is 0 Å². The second-order valence-corrected chi connectivity index (χ2v) is 7.72. The van der Waals surface area contributed by atoms with Gasteiger partial charge in [0.05, 0.1) is 12.8 Å². The second kappa shape index (κ2) is 6.95. The van der Waals surface area contributed by atoms with Crippen molar-refractivity contribution in [2.75, 3.05) is 25.1 Å². The van der Waals surface area contributed by atoms with Gasteiger partial charge in [0, 0.05) is 36.6 Å². The number of methoxy groups -OCH3 is 1. The number of urea groups is 1. The molecule has 29 heavy (non-hydrogen) atoms. The van der Waals surface area contributed by atoms with Gasteiger partial charge in [0.25, 0.3) is 0 Å². The first kappa shape index (κ1) is 17.8. The molecule has 2 aliphatic rings. The van der Waals surface area contributed by atoms with E-state index in [4.69, 9.17) is 4.74 Å². The number of rotatable bonds is 4. The molecular formula is C23H24N4O2. The molecule has 0 unspecified atom stereocenters. The number of ether oxygens (including phenoxy) is 1. The van der Waals surface area contributed by atoms with Gasteiger partial charge in [-0.3, -0.25) is 10.00 Å². The van der Waals surface area contributed by atoms with Crippen molar-refractivity contribution in [3.63, 3.8) is 0 Å². The van der Waals surface area contributed by atoms with Crippen molar-refractivity contribution in [2.45, 2.75) is 26.3 Å². The Kier molecular flexibility index (Phi) is 4.27. The first-order chi connectivity index (χ1) is 14.1. The summed E-state index contributed by atoms with van der Waals surface area (Å²) in [5, 5.41) is 7.53. The maximum Gasteiger partial charge on any atom is 0.324 e. The molecule has 0 spiro atoms. The minimum atomic E-state index is 0.0590. The number of nitrogens with one attached hydrogen (secondary N) is 1. The maximum atomic E-state index is 13.0. The highest BCUT2D eigenvalue weighted by molar-refractivity contribution is 5.94. The fourth-order valence-electron chi connectivity index (χ4n) is 4.43. The van der Waals surface area contributed by atoms with E-state index in [0.717, 1.165) is 47.8 Å². The number of fused-ring (bicyclic) bond motifs is 3. The van der Waals surface area contributed by atoms with Gasteiger partial charge >= 0.3 is 6.03 Å². The molecule has 148 valence electrons. The highest BCUT2D eigenvalue weighted by Crippen LogP contribution is 2.37. The normalized spacial score (nSPS) is 15.4. The van der Waals surface area contributed by atoms with Crippen molar-refractivity contribution in [3.05, 3.63) is 65.0 Å². The summed E-state index contributed by atoms with van der Waals surface area (Å²) in [7, 11) is 1.66. The maximum absolute atomic E-state index is 13.0. The average molecular weight is 388 g/mol. The predicted octanol–water partition coefficient (Wildman–Crippen LogP) is 3.93. The van der Waals surface area contributed by atoms with Crippen LogP contribution >= 0.6 is 0 Å². The number of benzene rings is 2. The number of carbonyl (C=O) groups excluding carboxylic acids is 1. The third-order valence-corrected chi connectivity index (χ3v) is 5.93. The van der Waals surface area contributed by atoms with Gasteiger partial charge in [0.1, 0.15) is 5.75 Å². The number of aryl methyl sites for hydroxylation is 3. The molecule has 0 saturated carbocycles. The van der Waals surface area contributed by atoms with E-state index in [1.807, 2.05) is 34.1 Å². The largest absolute Gasteiger partial charge is 0.497 e. The lowest BCUT2D eigenvalue weighted by Crippen LogP contribution is -2.31. The molecule has 5 rings (SSSR count). The average Bonchev–Trinajstić information content (AvgIpc) is 3.31. The molecule has 1 saturated heterocycles. The van der Waals surface area contributed by atoms with Crippen LogP contribution in [0.2, 0.25) is 0 Å². The lowest BCUT2D eigenvalue weighted by molar-refractivity contribution is 0.218. The van der Waals surface area contributed by atoms with Gasteiger partial charge in [0.15, 0.2) is 0 Å². The van der Waals surface area contributed by atoms with Gasteiger partial charge in [-0.2, -0.15) is 5.10 Å². The number of amides is 2. The minimum absolute atomic E-state index is 0.0590. The summed E-state index contributed by atoms with van der Waals surface area (Å²) in [5.41, 5.74) is 8.06. The Hall–Kier alpha value is -3.28. The highest BCUT2D eigenvalue weighted by atomic mass is 16.5. The summed E-state index contributed by atoms with van der Waals surface area (Å²) in [4.78, 5) is 16.8. The molecule has 0 radical (unpaired) electrons. The first-order valence-corrected chi connectivity index (χ1v) is 10.0. The molecule has 1 aromatic heterocycles. The van der Waals surface area contributed by atoms with Crippen LogP contribution in [0, 0.1) is 6.92 Å². The van der Waals surface area contributed by atoms with E-state index in [1.165, 1.54) is 16.7 Å². The number of aromatic amines is 1. The highest BCUT2D eigenvalue weighted by Gasteiger charge is 2.30. The zero-order chi connectivity index (χ0) is 20.0. The Morgan fingerprint density at radius 2 is 2.03 bits per heavy atom. The summed E-state index contributed by atoms with van der Waals surface area (Å²) in [6, 6.07) is 14.3. The van der Waals surface area contributed by atoms with Crippen LogP contribution in [-0.2, 0) is 19.4 Å². The standard InChI is InChI=1S/C23H24N4O2/c1-15-22-20-8-7-18(13-17(20)6-9-21(22)25-24-15)27-11-10-26(23(27)28)14-16-4-3-5-19(12-16)29-2/h3-5,7-8,12-13H,6,9-11,14H2,1-2H3,(H,24,25). The van der Waals surface area contributed by atoms with Gasteiger partial charge in [-0.05, 0) is 60.7 Å². The first-order valence-electron chi connectivity index (χ1n) is 10.0. The van der Waals surface area contributed by atoms with Crippen LogP contribution in [-0.4, -0.2) is 41.3 Å². The van der Waals surface area contributed by atoms with E-state index in [2.05, 4.69) is 35.3 Å². The molecule has 0 atom stereocenters. The van der Waals surface area contributed by atoms with Crippen molar-refractivity contribution in [1.29, 1.82) is 0 Å². The minimum Gasteiger partial charge on any atom is -0.497 e. The molecule has 6 heteroatoms. The number of nitrogens with zero attached hydrogens (tertiary/aromatic N) is 3. The summed E-state index contributed by atoms with van der Waals surface area (Å²) in [5.74, 6) is 0.814. The summed E-state index contributed by atoms with van der Waals surface area (Å²) in [6.07, 6.45) is 1.89. The van der Waals surface area contributed by atoms with E-state index in [9.17, 15) is 4.79 Å². The van der Waals surface area contributed by atoms with Crippen LogP contribution in [0.3, 0.4) is 0 Å². The number of aromatic nitrogens is 2. The second-order valence-electron chi connectivity index (χ2n) is 7.72. The Morgan fingerprint density at radius 1 is 1.14 bits per heavy atom. The summed E-state index contributed by atoms with van der Waals surface area (Å²) in [6.45, 7) is 4.08. The van der Waals surface area contributed by atoms with Crippen LogP contribution in [0.15, 0.2) is 42.5 Å². The quantitative estimate of drug-likeness (QED) is 0.737. The van der Waals surface area contributed by atoms with Crippen molar-refractivity contribution in [1.82, 2.24) is 15.1 Å². The Balaban J connectivity index is 1.37. The zero-order valence-electron chi connectivity index (χ0n) is 16.7. The molecule has 0 bridgehead atoms. The zero-order valence-corrected chi connectivity index (χ0v) is 16.7. The van der Waals surface area contributed by atoms with Gasteiger partial charge in [-0.25, -0.2) is 4.79 Å². The third kappa shape index (κ3) is 3.05. The molecule has 1 aliphatic carbocycles. The van der Waals surface area contributed by atoms with Crippen molar-refractivity contribution < 1.29 is 9.53 Å². The lowest BCUT2D eigenvalue weighted by Gasteiger charge is -2.22. The Bertz CT molecular complexity index is 1090. The fourth-order valence-corrected chi connectivity index (χ4v) is 4.43. The number of carbonyl (C=O) groups is 1. The Labute approximate surface area is 170 Å². The van der Waals surface area contributed by atoms with Gasteiger partial charge < -0.3 is 9.64 Å². The number of anilines is 1. The molecule has 6 nitrogen and oxygen atoms in total. The molecule has 3 aromatic rings. The third-order valence-electron chi connectivity index (χ3n) is 5.93. The van der Waals surface area contributed by atoms with E-state index < -0.39 is 0 Å². The molecule has 2 heterocycles.